The molecule has 0 fully saturated rings. The van der Waals surface area contributed by atoms with E-state index in [2.05, 4.69) is 0 Å². The third-order valence-corrected chi connectivity index (χ3v) is 4.49. The van der Waals surface area contributed by atoms with Crippen molar-refractivity contribution in [2.45, 2.75) is 4.90 Å². The molecule has 0 amide bonds. The van der Waals surface area contributed by atoms with Crippen molar-refractivity contribution >= 4 is 22.4 Å². The van der Waals surface area contributed by atoms with E-state index in [-0.39, 0.29) is 11.6 Å². The Bertz CT molecular complexity index is 690. The lowest BCUT2D eigenvalue weighted by Crippen LogP contribution is -2.07. The van der Waals surface area contributed by atoms with E-state index in [1.807, 2.05) is 6.08 Å². The highest BCUT2D eigenvalue weighted by Gasteiger charge is 2.18. The highest BCUT2D eigenvalue weighted by molar-refractivity contribution is 7.85. The van der Waals surface area contributed by atoms with Gasteiger partial charge in [-0.3, -0.25) is 4.21 Å². The zero-order valence-electron chi connectivity index (χ0n) is 9.97. The summed E-state index contributed by atoms with van der Waals surface area (Å²) in [5, 5.41) is 9.42. The predicted octanol–water partition coefficient (Wildman–Crippen LogP) is 3.19. The smallest absolute Gasteiger partial charge is 0.123 e. The van der Waals surface area contributed by atoms with E-state index in [1.165, 1.54) is 18.2 Å². The Morgan fingerprint density at radius 1 is 1.11 bits per heavy atom. The Kier molecular flexibility index (Phi) is 2.95. The third kappa shape index (κ3) is 2.31. The van der Waals surface area contributed by atoms with Gasteiger partial charge in [0.15, 0.2) is 0 Å². The van der Waals surface area contributed by atoms with E-state index in [0.29, 0.717) is 10.6 Å². The first-order valence-electron chi connectivity index (χ1n) is 5.81. The number of fused-ring (bicyclic) bond motifs is 1. The van der Waals surface area contributed by atoms with Crippen LogP contribution in [-0.4, -0.2) is 15.1 Å². The molecule has 2 nitrogen and oxygen atoms in total. The summed E-state index contributed by atoms with van der Waals surface area (Å²) in [5.41, 5.74) is 2.62. The molecule has 19 heavy (non-hydrogen) atoms. The molecule has 4 heteroatoms. The summed E-state index contributed by atoms with van der Waals surface area (Å²) in [6.45, 7) is 0. The number of phenols is 1. The van der Waals surface area contributed by atoms with Gasteiger partial charge in [0.2, 0.25) is 0 Å². The van der Waals surface area contributed by atoms with E-state index in [9.17, 15) is 13.7 Å². The van der Waals surface area contributed by atoms with Gasteiger partial charge in [-0.05, 0) is 47.0 Å². The molecule has 1 N–H and O–H groups in total. The summed E-state index contributed by atoms with van der Waals surface area (Å²) < 4.78 is 25.1. The number of halogens is 1. The van der Waals surface area contributed by atoms with Gasteiger partial charge in [0.1, 0.15) is 11.6 Å². The van der Waals surface area contributed by atoms with Crippen molar-refractivity contribution in [1.82, 2.24) is 0 Å². The second-order valence-electron chi connectivity index (χ2n) is 4.39. The Morgan fingerprint density at radius 2 is 1.84 bits per heavy atom. The quantitative estimate of drug-likeness (QED) is 0.867. The third-order valence-electron chi connectivity index (χ3n) is 3.07. The number of benzene rings is 2. The Hall–Kier alpha value is -1.94. The molecule has 0 saturated heterocycles. The number of phenolic OH excluding ortho intramolecular Hbond substituents is 1. The fourth-order valence-corrected chi connectivity index (χ4v) is 3.45. The lowest BCUT2D eigenvalue weighted by Gasteiger charge is -2.16. The van der Waals surface area contributed by atoms with Crippen LogP contribution in [0.2, 0.25) is 0 Å². The van der Waals surface area contributed by atoms with E-state index >= 15 is 0 Å². The first-order valence-corrected chi connectivity index (χ1v) is 7.13. The van der Waals surface area contributed by atoms with Crippen molar-refractivity contribution in [3.63, 3.8) is 0 Å². The van der Waals surface area contributed by atoms with Crippen molar-refractivity contribution in [3.8, 4) is 5.75 Å². The molecule has 2 aromatic rings. The molecule has 1 unspecified atom stereocenters. The van der Waals surface area contributed by atoms with E-state index < -0.39 is 10.8 Å². The molecule has 2 aromatic carbocycles. The minimum Gasteiger partial charge on any atom is -0.508 e. The summed E-state index contributed by atoms with van der Waals surface area (Å²) in [4.78, 5) is 0.644. The minimum atomic E-state index is -1.18. The molecule has 1 heterocycles. The van der Waals surface area contributed by atoms with Gasteiger partial charge in [-0.2, -0.15) is 0 Å². The first-order chi connectivity index (χ1) is 9.13. The van der Waals surface area contributed by atoms with Gasteiger partial charge in [-0.15, -0.1) is 0 Å². The van der Waals surface area contributed by atoms with Crippen LogP contribution in [0.25, 0.3) is 11.6 Å². The van der Waals surface area contributed by atoms with Crippen LogP contribution in [0.15, 0.2) is 47.4 Å². The van der Waals surface area contributed by atoms with Gasteiger partial charge in [0.05, 0.1) is 21.4 Å². The molecule has 1 atom stereocenters. The minimum absolute atomic E-state index is 0.116. The molecule has 0 radical (unpaired) electrons. The van der Waals surface area contributed by atoms with Crippen LogP contribution in [-0.2, 0) is 10.8 Å². The zero-order chi connectivity index (χ0) is 13.4. The SMILES string of the molecule is O=S1CC(c2ccc(F)cc2)=Cc2ccc(O)cc21. The Balaban J connectivity index is 2.08. The highest BCUT2D eigenvalue weighted by atomic mass is 32.2. The molecule has 96 valence electrons. The van der Waals surface area contributed by atoms with Gasteiger partial charge < -0.3 is 5.11 Å². The molecule has 1 aliphatic rings. The monoisotopic (exact) mass is 274 g/mol. The fourth-order valence-electron chi connectivity index (χ4n) is 2.12. The van der Waals surface area contributed by atoms with E-state index in [0.717, 1.165) is 16.7 Å². The number of rotatable bonds is 1. The van der Waals surface area contributed by atoms with E-state index in [1.54, 1.807) is 24.3 Å². The predicted molar refractivity (Wildman–Crippen MR) is 73.7 cm³/mol. The molecule has 0 bridgehead atoms. The first kappa shape index (κ1) is 12.1. The van der Waals surface area contributed by atoms with Crippen molar-refractivity contribution < 1.29 is 13.7 Å². The molecule has 0 saturated carbocycles. The Morgan fingerprint density at radius 3 is 2.58 bits per heavy atom. The number of aromatic hydroxyl groups is 1. The van der Waals surface area contributed by atoms with Gasteiger partial charge in [-0.1, -0.05) is 18.2 Å². The molecule has 0 aliphatic carbocycles. The lowest BCUT2D eigenvalue weighted by atomic mass is 10.0. The second-order valence-corrected chi connectivity index (χ2v) is 5.81. The van der Waals surface area contributed by atoms with Crippen LogP contribution in [0.5, 0.6) is 5.75 Å². The van der Waals surface area contributed by atoms with Crippen LogP contribution in [0.1, 0.15) is 11.1 Å². The number of hydrogen-bond donors (Lipinski definition) is 1. The molecule has 0 aromatic heterocycles. The summed E-state index contributed by atoms with van der Waals surface area (Å²) in [5.74, 6) is 0.208. The average Bonchev–Trinajstić information content (AvgIpc) is 2.40. The summed E-state index contributed by atoms with van der Waals surface area (Å²) in [6, 6.07) is 11.0. The summed E-state index contributed by atoms with van der Waals surface area (Å²) >= 11 is 0. The van der Waals surface area contributed by atoms with Gasteiger partial charge in [-0.25, -0.2) is 4.39 Å². The maximum absolute atomic E-state index is 12.9. The van der Waals surface area contributed by atoms with Crippen LogP contribution >= 0.6 is 0 Å². The topological polar surface area (TPSA) is 37.3 Å². The maximum atomic E-state index is 12.9. The molecule has 3 rings (SSSR count). The molecular formula is C15H11FO2S. The fraction of sp³-hybridized carbons (Fsp3) is 0.0667. The zero-order valence-corrected chi connectivity index (χ0v) is 10.8. The van der Waals surface area contributed by atoms with Crippen LogP contribution in [0.3, 0.4) is 0 Å². The van der Waals surface area contributed by atoms with Gasteiger partial charge in [0.25, 0.3) is 0 Å². The van der Waals surface area contributed by atoms with Crippen molar-refractivity contribution in [2.75, 3.05) is 5.75 Å². The molecule has 1 aliphatic heterocycles. The van der Waals surface area contributed by atoms with Crippen molar-refractivity contribution in [2.24, 2.45) is 0 Å². The van der Waals surface area contributed by atoms with Crippen LogP contribution < -0.4 is 0 Å². The van der Waals surface area contributed by atoms with Crippen molar-refractivity contribution in [1.29, 1.82) is 0 Å². The maximum Gasteiger partial charge on any atom is 0.123 e. The van der Waals surface area contributed by atoms with E-state index in [4.69, 9.17) is 0 Å². The van der Waals surface area contributed by atoms with Crippen LogP contribution in [0, 0.1) is 5.82 Å². The lowest BCUT2D eigenvalue weighted by molar-refractivity contribution is 0.473. The Labute approximate surface area is 112 Å². The highest BCUT2D eigenvalue weighted by Crippen LogP contribution is 2.31. The normalized spacial score (nSPS) is 17.7. The summed E-state index contributed by atoms with van der Waals surface area (Å²) in [7, 11) is -1.18. The second kappa shape index (κ2) is 4.63. The van der Waals surface area contributed by atoms with Gasteiger partial charge >= 0.3 is 0 Å². The average molecular weight is 274 g/mol. The molecular weight excluding hydrogens is 263 g/mol. The van der Waals surface area contributed by atoms with Crippen LogP contribution in [0.4, 0.5) is 4.39 Å². The largest absolute Gasteiger partial charge is 0.508 e. The number of hydrogen-bond acceptors (Lipinski definition) is 2. The standard InChI is InChI=1S/C15H11FO2S/c16-13-4-1-10(2-5-13)12-7-11-3-6-14(17)8-15(11)19(18)9-12/h1-8,17H,9H2. The molecule has 0 spiro atoms. The van der Waals surface area contributed by atoms with Crippen molar-refractivity contribution in [3.05, 3.63) is 59.4 Å². The van der Waals surface area contributed by atoms with Gasteiger partial charge in [0, 0.05) is 0 Å². The summed E-state index contributed by atoms with van der Waals surface area (Å²) in [6.07, 6.45) is 1.93.